The Morgan fingerprint density at radius 1 is 1.07 bits per heavy atom. The van der Waals surface area contributed by atoms with Crippen molar-refractivity contribution in [3.05, 3.63) is 72.2 Å². The van der Waals surface area contributed by atoms with Crippen molar-refractivity contribution in [2.45, 2.75) is 38.3 Å². The molecule has 2 N–H and O–H groups in total. The first-order valence-corrected chi connectivity index (χ1v) is 11.9. The zero-order valence-electron chi connectivity index (χ0n) is 21.0. The maximum Gasteiger partial charge on any atom is 0.573 e. The zero-order chi connectivity index (χ0) is 28.7. The number of anilines is 1. The van der Waals surface area contributed by atoms with Gasteiger partial charge in [0.05, 0.1) is 42.6 Å². The molecular weight excluding hydrogens is 538 g/mol. The van der Waals surface area contributed by atoms with E-state index in [2.05, 4.69) is 40.9 Å². The van der Waals surface area contributed by atoms with E-state index in [1.807, 2.05) is 0 Å². The zero-order valence-corrected chi connectivity index (χ0v) is 21.0. The molecule has 0 spiro atoms. The predicted octanol–water partition coefficient (Wildman–Crippen LogP) is 2.66. The van der Waals surface area contributed by atoms with E-state index < -0.39 is 24.3 Å². The van der Waals surface area contributed by atoms with Crippen molar-refractivity contribution in [2.75, 3.05) is 12.4 Å². The molecule has 1 aromatic carbocycles. The van der Waals surface area contributed by atoms with Crippen molar-refractivity contribution >= 4 is 17.6 Å². The topological polar surface area (TPSA) is 142 Å². The maximum absolute atomic E-state index is 14.4. The van der Waals surface area contributed by atoms with Crippen LogP contribution in [0.25, 0.3) is 5.69 Å². The Morgan fingerprint density at radius 3 is 2.62 bits per heavy atom. The van der Waals surface area contributed by atoms with Gasteiger partial charge in [-0.3, -0.25) is 9.59 Å². The number of nitrogens with zero attached hydrogens (tertiary/aromatic N) is 7. The molecule has 3 aromatic heterocycles. The van der Waals surface area contributed by atoms with Crippen LogP contribution in [0.1, 0.15) is 28.3 Å². The third kappa shape index (κ3) is 8.05. The van der Waals surface area contributed by atoms with Crippen LogP contribution in [0, 0.1) is 0 Å². The monoisotopic (exact) mass is 561 g/mol. The molecule has 2 amide bonds. The molecule has 4 rings (SSSR count). The van der Waals surface area contributed by atoms with Gasteiger partial charge in [0.1, 0.15) is 11.9 Å². The number of ether oxygens (including phenoxy) is 1. The van der Waals surface area contributed by atoms with Gasteiger partial charge < -0.3 is 19.9 Å². The molecule has 0 fully saturated rings. The van der Waals surface area contributed by atoms with Gasteiger partial charge in [-0.15, -0.1) is 23.4 Å². The average Bonchev–Trinajstić information content (AvgIpc) is 3.57. The number of hydrogen-bond donors (Lipinski definition) is 2. The summed E-state index contributed by atoms with van der Waals surface area (Å²) in [6.45, 7) is -0.0753. The third-order valence-corrected chi connectivity index (χ3v) is 5.41. The first kappa shape index (κ1) is 28.1. The van der Waals surface area contributed by atoms with Crippen molar-refractivity contribution in [1.29, 1.82) is 0 Å². The molecule has 1 unspecified atom stereocenters. The Kier molecular flexibility index (Phi) is 8.66. The molecule has 3 heterocycles. The van der Waals surface area contributed by atoms with E-state index in [-0.39, 0.29) is 43.1 Å². The molecule has 0 aliphatic rings. The van der Waals surface area contributed by atoms with Gasteiger partial charge in [0.2, 0.25) is 5.91 Å². The highest BCUT2D eigenvalue weighted by molar-refractivity contribution is 5.91. The van der Waals surface area contributed by atoms with Crippen LogP contribution in [0.2, 0.25) is 0 Å². The van der Waals surface area contributed by atoms with E-state index in [4.69, 9.17) is 0 Å². The molecule has 0 bridgehead atoms. The summed E-state index contributed by atoms with van der Waals surface area (Å²) in [5.74, 6) is -1.04. The summed E-state index contributed by atoms with van der Waals surface area (Å²) in [4.78, 5) is 28.0. The van der Waals surface area contributed by atoms with E-state index in [1.54, 1.807) is 12.1 Å². The summed E-state index contributed by atoms with van der Waals surface area (Å²) < 4.78 is 58.4. The number of halogens is 4. The van der Waals surface area contributed by atoms with Crippen LogP contribution in [0.3, 0.4) is 0 Å². The van der Waals surface area contributed by atoms with Crippen LogP contribution >= 0.6 is 0 Å². The minimum Gasteiger partial charge on any atom is -0.406 e. The summed E-state index contributed by atoms with van der Waals surface area (Å²) >= 11 is 0. The van der Waals surface area contributed by atoms with Gasteiger partial charge in [-0.1, -0.05) is 11.3 Å². The molecule has 1 atom stereocenters. The maximum atomic E-state index is 14.4. The van der Waals surface area contributed by atoms with Crippen molar-refractivity contribution in [3.63, 3.8) is 0 Å². The first-order chi connectivity index (χ1) is 19.1. The first-order valence-electron chi connectivity index (χ1n) is 11.9. The van der Waals surface area contributed by atoms with Crippen molar-refractivity contribution in [1.82, 2.24) is 40.1 Å². The van der Waals surface area contributed by atoms with Gasteiger partial charge in [-0.05, 0) is 37.1 Å². The fraction of sp³-hybridized carbons (Fsp3) is 0.292. The summed E-state index contributed by atoms with van der Waals surface area (Å²) in [5.41, 5.74) is 1.35. The molecular formula is C24H23F4N9O3. The Hall–Kier alpha value is -4.89. The van der Waals surface area contributed by atoms with Crippen LogP contribution in [0.5, 0.6) is 5.75 Å². The van der Waals surface area contributed by atoms with Gasteiger partial charge in [-0.2, -0.15) is 5.10 Å². The van der Waals surface area contributed by atoms with Gasteiger partial charge in [0.25, 0.3) is 5.91 Å². The molecule has 40 heavy (non-hydrogen) atoms. The molecule has 0 aliphatic heterocycles. The number of imidazole rings is 1. The molecule has 210 valence electrons. The van der Waals surface area contributed by atoms with E-state index in [0.717, 1.165) is 0 Å². The highest BCUT2D eigenvalue weighted by atomic mass is 19.4. The molecule has 0 aliphatic carbocycles. The van der Waals surface area contributed by atoms with Gasteiger partial charge in [0, 0.05) is 19.3 Å². The number of nitrogens with one attached hydrogen (secondary N) is 2. The summed E-state index contributed by atoms with van der Waals surface area (Å²) in [6.07, 6.45) is -1.55. The van der Waals surface area contributed by atoms with E-state index >= 15 is 0 Å². The number of carbonyl (C=O) groups excluding carboxylic acids is 2. The minimum absolute atomic E-state index is 0.0753. The Labute approximate surface area is 224 Å². The molecule has 12 nitrogen and oxygen atoms in total. The van der Waals surface area contributed by atoms with E-state index in [1.165, 1.54) is 59.3 Å². The van der Waals surface area contributed by atoms with Crippen LogP contribution in [-0.4, -0.2) is 66.1 Å². The Bertz CT molecular complexity index is 1450. The van der Waals surface area contributed by atoms with Crippen molar-refractivity contribution < 1.29 is 31.9 Å². The van der Waals surface area contributed by atoms with Gasteiger partial charge >= 0.3 is 6.36 Å². The largest absolute Gasteiger partial charge is 0.573 e. The normalized spacial score (nSPS) is 12.1. The quantitative estimate of drug-likeness (QED) is 0.266. The second-order valence-corrected chi connectivity index (χ2v) is 8.49. The lowest BCUT2D eigenvalue weighted by atomic mass is 10.1. The van der Waals surface area contributed by atoms with Crippen molar-refractivity contribution in [3.8, 4) is 11.4 Å². The SMILES string of the molecule is CNC(=O)c1cn(CC(F)CCc2ccc(NC(=O)Cc3cn(-c4cccc(OC(F)(F)F)c4)cn3)nn2)nn1. The van der Waals surface area contributed by atoms with Crippen molar-refractivity contribution in [2.24, 2.45) is 0 Å². The number of hydrogen-bond acceptors (Lipinski definition) is 8. The number of alkyl halides is 4. The minimum atomic E-state index is -4.81. The second kappa shape index (κ2) is 12.3. The number of benzene rings is 1. The Balaban J connectivity index is 1.24. The smallest absolute Gasteiger partial charge is 0.406 e. The summed E-state index contributed by atoms with van der Waals surface area (Å²) in [7, 11) is 1.46. The number of carbonyl (C=O) groups is 2. The lowest BCUT2D eigenvalue weighted by Gasteiger charge is -2.10. The third-order valence-electron chi connectivity index (χ3n) is 5.41. The predicted molar refractivity (Wildman–Crippen MR) is 131 cm³/mol. The fourth-order valence-electron chi connectivity index (χ4n) is 3.57. The summed E-state index contributed by atoms with van der Waals surface area (Å²) in [6, 6.07) is 8.48. The van der Waals surface area contributed by atoms with E-state index in [9.17, 15) is 27.2 Å². The summed E-state index contributed by atoms with van der Waals surface area (Å²) in [5, 5.41) is 20.3. The van der Waals surface area contributed by atoms with Crippen LogP contribution in [-0.2, 0) is 24.2 Å². The lowest BCUT2D eigenvalue weighted by molar-refractivity contribution is -0.274. The number of aromatic nitrogens is 7. The molecule has 0 saturated carbocycles. The highest BCUT2D eigenvalue weighted by Crippen LogP contribution is 2.24. The number of rotatable bonds is 11. The number of amides is 2. The highest BCUT2D eigenvalue weighted by Gasteiger charge is 2.31. The molecule has 0 radical (unpaired) electrons. The lowest BCUT2D eigenvalue weighted by Crippen LogP contribution is -2.18. The fourth-order valence-corrected chi connectivity index (χ4v) is 3.57. The van der Waals surface area contributed by atoms with Crippen LogP contribution in [0.15, 0.2) is 55.1 Å². The molecule has 4 aromatic rings. The number of aryl methyl sites for hydroxylation is 1. The standard InChI is InChI=1S/C24H23F4N9O3/c1-29-23(39)20-13-37(35-33-20)11-15(25)5-6-16-7-8-21(34-32-16)31-22(38)9-17-12-36(14-30-17)18-3-2-4-19(10-18)40-24(26,27)28/h2-4,7-8,10,12-15H,5-6,9,11H2,1H3,(H,29,39)(H,31,34,38). The van der Waals surface area contributed by atoms with Crippen LogP contribution in [0.4, 0.5) is 23.4 Å². The second-order valence-electron chi connectivity index (χ2n) is 8.49. The van der Waals surface area contributed by atoms with Crippen LogP contribution < -0.4 is 15.4 Å². The average molecular weight is 562 g/mol. The molecule has 0 saturated heterocycles. The molecule has 16 heteroatoms. The van der Waals surface area contributed by atoms with Gasteiger partial charge in [-0.25, -0.2) is 14.1 Å². The van der Waals surface area contributed by atoms with Gasteiger partial charge in [0.15, 0.2) is 11.5 Å². The Morgan fingerprint density at radius 2 is 1.90 bits per heavy atom. The van der Waals surface area contributed by atoms with E-state index in [0.29, 0.717) is 17.1 Å².